The van der Waals surface area contributed by atoms with Gasteiger partial charge in [0, 0.05) is 5.54 Å². The van der Waals surface area contributed by atoms with E-state index in [0.29, 0.717) is 18.1 Å². The van der Waals surface area contributed by atoms with Crippen LogP contribution >= 0.6 is 0 Å². The molecule has 3 nitrogen and oxygen atoms in total. The van der Waals surface area contributed by atoms with Crippen LogP contribution in [0.25, 0.3) is 0 Å². The van der Waals surface area contributed by atoms with E-state index in [1.54, 1.807) is 0 Å². The second-order valence-corrected chi connectivity index (χ2v) is 7.09. The van der Waals surface area contributed by atoms with Crippen LogP contribution in [-0.4, -0.2) is 25.5 Å². The first-order valence-electron chi connectivity index (χ1n) is 5.51. The Morgan fingerprint density at radius 1 is 1.14 bits per heavy atom. The Kier molecular flexibility index (Phi) is 2.60. The quantitative estimate of drug-likeness (QED) is 0.715. The molecule has 1 aliphatic carbocycles. The van der Waals surface area contributed by atoms with E-state index in [4.69, 9.17) is 5.73 Å². The third-order valence-corrected chi connectivity index (χ3v) is 5.59. The molecule has 1 unspecified atom stereocenters. The van der Waals surface area contributed by atoms with Crippen molar-refractivity contribution in [3.8, 4) is 0 Å². The number of hydrogen-bond donors (Lipinski definition) is 1. The molecule has 82 valence electrons. The lowest BCUT2D eigenvalue weighted by molar-refractivity contribution is 0.227. The van der Waals surface area contributed by atoms with Gasteiger partial charge in [0.05, 0.1) is 11.5 Å². The Morgan fingerprint density at radius 3 is 2.29 bits per heavy atom. The second kappa shape index (κ2) is 3.49. The highest BCUT2D eigenvalue weighted by molar-refractivity contribution is 7.91. The Balaban J connectivity index is 2.09. The van der Waals surface area contributed by atoms with Crippen LogP contribution in [0.15, 0.2) is 0 Å². The van der Waals surface area contributed by atoms with Gasteiger partial charge in [0.25, 0.3) is 0 Å². The SMILES string of the molecule is NC1(C2CCCCC2)CCS(=O)(=O)C1. The minimum atomic E-state index is -2.83. The molecular weight excluding hydrogens is 198 g/mol. The summed E-state index contributed by atoms with van der Waals surface area (Å²) in [5.74, 6) is 0.985. The molecule has 2 aliphatic rings. The van der Waals surface area contributed by atoms with Gasteiger partial charge in [-0.15, -0.1) is 0 Å². The highest BCUT2D eigenvalue weighted by Gasteiger charge is 2.44. The summed E-state index contributed by atoms with van der Waals surface area (Å²) in [7, 11) is -2.83. The molecule has 1 atom stereocenters. The van der Waals surface area contributed by atoms with E-state index in [-0.39, 0.29) is 11.3 Å². The van der Waals surface area contributed by atoms with E-state index in [9.17, 15) is 8.42 Å². The molecule has 1 saturated carbocycles. The van der Waals surface area contributed by atoms with Crippen molar-refractivity contribution in [2.24, 2.45) is 11.7 Å². The van der Waals surface area contributed by atoms with Crippen molar-refractivity contribution in [3.05, 3.63) is 0 Å². The molecule has 1 heterocycles. The summed E-state index contributed by atoms with van der Waals surface area (Å²) in [4.78, 5) is 0. The van der Waals surface area contributed by atoms with Crippen molar-refractivity contribution in [1.82, 2.24) is 0 Å². The van der Waals surface area contributed by atoms with Crippen molar-refractivity contribution in [2.75, 3.05) is 11.5 Å². The van der Waals surface area contributed by atoms with Crippen molar-refractivity contribution < 1.29 is 8.42 Å². The van der Waals surface area contributed by atoms with Gasteiger partial charge < -0.3 is 5.73 Å². The maximum absolute atomic E-state index is 11.4. The van der Waals surface area contributed by atoms with Crippen LogP contribution in [0.2, 0.25) is 0 Å². The van der Waals surface area contributed by atoms with Crippen LogP contribution in [-0.2, 0) is 9.84 Å². The molecule has 1 aliphatic heterocycles. The van der Waals surface area contributed by atoms with Crippen LogP contribution in [0.3, 0.4) is 0 Å². The van der Waals surface area contributed by atoms with E-state index < -0.39 is 9.84 Å². The van der Waals surface area contributed by atoms with Gasteiger partial charge in [-0.3, -0.25) is 0 Å². The standard InChI is InChI=1S/C10H19NO2S/c11-10(6-7-14(12,13)8-10)9-4-2-1-3-5-9/h9H,1-8,11H2. The van der Waals surface area contributed by atoms with Crippen molar-refractivity contribution in [1.29, 1.82) is 0 Å². The smallest absolute Gasteiger partial charge is 0.152 e. The van der Waals surface area contributed by atoms with E-state index in [0.717, 1.165) is 12.8 Å². The van der Waals surface area contributed by atoms with Crippen molar-refractivity contribution in [3.63, 3.8) is 0 Å². The molecule has 0 radical (unpaired) electrons. The first-order chi connectivity index (χ1) is 6.52. The average molecular weight is 217 g/mol. The van der Waals surface area contributed by atoms with Gasteiger partial charge >= 0.3 is 0 Å². The molecule has 0 aromatic rings. The molecule has 0 aromatic heterocycles. The van der Waals surface area contributed by atoms with Gasteiger partial charge in [-0.1, -0.05) is 19.3 Å². The zero-order chi connectivity index (χ0) is 10.2. The third kappa shape index (κ3) is 1.96. The van der Waals surface area contributed by atoms with E-state index in [2.05, 4.69) is 0 Å². The fourth-order valence-electron chi connectivity index (χ4n) is 2.90. The van der Waals surface area contributed by atoms with Gasteiger partial charge in [-0.25, -0.2) is 8.42 Å². The summed E-state index contributed by atoms with van der Waals surface area (Å²) in [6.45, 7) is 0. The lowest BCUT2D eigenvalue weighted by Crippen LogP contribution is -2.49. The number of rotatable bonds is 1. The second-order valence-electron chi connectivity index (χ2n) is 4.91. The first-order valence-corrected chi connectivity index (χ1v) is 7.33. The highest BCUT2D eigenvalue weighted by Crippen LogP contribution is 2.37. The number of nitrogens with two attached hydrogens (primary N) is 1. The average Bonchev–Trinajstić information content (AvgIpc) is 2.44. The Morgan fingerprint density at radius 2 is 1.79 bits per heavy atom. The Hall–Kier alpha value is -0.0900. The zero-order valence-electron chi connectivity index (χ0n) is 8.54. The van der Waals surface area contributed by atoms with E-state index in [1.807, 2.05) is 0 Å². The summed E-state index contributed by atoms with van der Waals surface area (Å²) in [5.41, 5.74) is 5.84. The topological polar surface area (TPSA) is 60.2 Å². The minimum Gasteiger partial charge on any atom is -0.324 e. The molecule has 4 heteroatoms. The van der Waals surface area contributed by atoms with Crippen molar-refractivity contribution in [2.45, 2.75) is 44.1 Å². The van der Waals surface area contributed by atoms with Crippen LogP contribution in [0.4, 0.5) is 0 Å². The van der Waals surface area contributed by atoms with Crippen LogP contribution < -0.4 is 5.73 Å². The van der Waals surface area contributed by atoms with E-state index >= 15 is 0 Å². The molecule has 0 bridgehead atoms. The molecule has 1 saturated heterocycles. The number of hydrogen-bond acceptors (Lipinski definition) is 3. The lowest BCUT2D eigenvalue weighted by atomic mass is 9.75. The monoisotopic (exact) mass is 217 g/mol. The predicted octanol–water partition coefficient (Wildman–Crippen LogP) is 1.08. The molecule has 0 amide bonds. The third-order valence-electron chi connectivity index (χ3n) is 3.79. The normalized spacial score (nSPS) is 38.6. The molecular formula is C10H19NO2S. The van der Waals surface area contributed by atoms with Gasteiger partial charge in [-0.05, 0) is 25.2 Å². The summed E-state index contributed by atoms with van der Waals surface area (Å²) < 4.78 is 22.8. The fraction of sp³-hybridized carbons (Fsp3) is 1.00. The van der Waals surface area contributed by atoms with Crippen molar-refractivity contribution >= 4 is 9.84 Å². The maximum Gasteiger partial charge on any atom is 0.152 e. The number of sulfone groups is 1. The molecule has 14 heavy (non-hydrogen) atoms. The fourth-order valence-corrected chi connectivity index (χ4v) is 4.93. The van der Waals surface area contributed by atoms with E-state index in [1.165, 1.54) is 19.3 Å². The summed E-state index contributed by atoms with van der Waals surface area (Å²) in [6.07, 6.45) is 6.69. The molecule has 2 rings (SSSR count). The Bertz CT molecular complexity index is 306. The largest absolute Gasteiger partial charge is 0.324 e. The zero-order valence-corrected chi connectivity index (χ0v) is 9.35. The summed E-state index contributed by atoms with van der Waals surface area (Å²) >= 11 is 0. The molecule has 2 N–H and O–H groups in total. The first kappa shape index (κ1) is 10.4. The Labute approximate surface area is 86.0 Å². The molecule has 0 spiro atoms. The highest BCUT2D eigenvalue weighted by atomic mass is 32.2. The van der Waals surface area contributed by atoms with Gasteiger partial charge in [-0.2, -0.15) is 0 Å². The maximum atomic E-state index is 11.4. The molecule has 2 fully saturated rings. The van der Waals surface area contributed by atoms with Gasteiger partial charge in [0.15, 0.2) is 9.84 Å². The minimum absolute atomic E-state index is 0.227. The van der Waals surface area contributed by atoms with Crippen LogP contribution in [0.5, 0.6) is 0 Å². The van der Waals surface area contributed by atoms with Crippen LogP contribution in [0, 0.1) is 5.92 Å². The molecule has 0 aromatic carbocycles. The summed E-state index contributed by atoms with van der Waals surface area (Å²) in [5, 5.41) is 0. The van der Waals surface area contributed by atoms with Crippen LogP contribution in [0.1, 0.15) is 38.5 Å². The van der Waals surface area contributed by atoms with Gasteiger partial charge in [0.1, 0.15) is 0 Å². The predicted molar refractivity (Wildman–Crippen MR) is 56.8 cm³/mol. The van der Waals surface area contributed by atoms with Gasteiger partial charge in [0.2, 0.25) is 0 Å². The summed E-state index contributed by atoms with van der Waals surface area (Å²) in [6, 6.07) is 0. The lowest BCUT2D eigenvalue weighted by Gasteiger charge is -2.35.